The minimum absolute atomic E-state index is 0.251. The lowest BCUT2D eigenvalue weighted by atomic mass is 9.95. The van der Waals surface area contributed by atoms with Gasteiger partial charge in [-0.3, -0.25) is 9.59 Å². The molecule has 3 rings (SSSR count). The van der Waals surface area contributed by atoms with Gasteiger partial charge in [0.15, 0.2) is 0 Å². The zero-order valence-electron chi connectivity index (χ0n) is 12.9. The van der Waals surface area contributed by atoms with Gasteiger partial charge in [0.05, 0.1) is 5.92 Å². The van der Waals surface area contributed by atoms with Crippen molar-refractivity contribution in [3.05, 3.63) is 64.7 Å². The molecule has 2 unspecified atom stereocenters. The zero-order valence-corrected chi connectivity index (χ0v) is 13.6. The number of ether oxygens (including phenoxy) is 1. The minimum Gasteiger partial charge on any atom is -0.492 e. The first kappa shape index (κ1) is 16.3. The van der Waals surface area contributed by atoms with Gasteiger partial charge >= 0.3 is 0 Å². The van der Waals surface area contributed by atoms with Crippen LogP contribution in [0.25, 0.3) is 0 Å². The van der Waals surface area contributed by atoms with Crippen LogP contribution in [0.4, 0.5) is 0 Å². The van der Waals surface area contributed by atoms with Crippen LogP contribution in [-0.2, 0) is 16.0 Å². The molecule has 0 radical (unpaired) electrons. The molecule has 0 fully saturated rings. The van der Waals surface area contributed by atoms with Gasteiger partial charge in [-0.2, -0.15) is 0 Å². The molecule has 2 atom stereocenters. The van der Waals surface area contributed by atoms with Gasteiger partial charge in [0.2, 0.25) is 11.8 Å². The van der Waals surface area contributed by atoms with Gasteiger partial charge in [0.25, 0.3) is 0 Å². The van der Waals surface area contributed by atoms with Gasteiger partial charge < -0.3 is 15.8 Å². The standard InChI is InChI=1S/C18H17ClN2O3/c19-14-6-7-15-12(9-14)8-13(10-24-15)18(23)21-16(17(20)22)11-4-2-1-3-5-11/h1-7,9,13,16H,8,10H2,(H2,20,22)(H,21,23). The maximum Gasteiger partial charge on any atom is 0.244 e. The number of hydrogen-bond acceptors (Lipinski definition) is 3. The van der Waals surface area contributed by atoms with E-state index in [0.29, 0.717) is 17.0 Å². The molecular formula is C18H17ClN2O3. The van der Waals surface area contributed by atoms with Crippen molar-refractivity contribution in [2.24, 2.45) is 11.7 Å². The molecule has 5 nitrogen and oxygen atoms in total. The average molecular weight is 345 g/mol. The fourth-order valence-corrected chi connectivity index (χ4v) is 2.95. The fraction of sp³-hybridized carbons (Fsp3) is 0.222. The second-order valence-electron chi connectivity index (χ2n) is 5.72. The summed E-state index contributed by atoms with van der Waals surface area (Å²) in [6.07, 6.45) is 0.502. The summed E-state index contributed by atoms with van der Waals surface area (Å²) in [6, 6.07) is 13.4. The van der Waals surface area contributed by atoms with E-state index in [9.17, 15) is 9.59 Å². The van der Waals surface area contributed by atoms with Gasteiger partial charge in [-0.05, 0) is 35.7 Å². The minimum atomic E-state index is -0.862. The van der Waals surface area contributed by atoms with Gasteiger partial charge in [-0.15, -0.1) is 0 Å². The third-order valence-corrected chi connectivity index (χ3v) is 4.24. The van der Waals surface area contributed by atoms with Crippen LogP contribution in [0, 0.1) is 5.92 Å². The lowest BCUT2D eigenvalue weighted by Gasteiger charge is -2.26. The number of fused-ring (bicyclic) bond motifs is 1. The normalized spacial score (nSPS) is 17.3. The van der Waals surface area contributed by atoms with E-state index in [4.69, 9.17) is 22.1 Å². The molecule has 3 N–H and O–H groups in total. The summed E-state index contributed by atoms with van der Waals surface area (Å²) in [4.78, 5) is 24.3. The molecular weight excluding hydrogens is 328 g/mol. The van der Waals surface area contributed by atoms with Crippen LogP contribution in [0.3, 0.4) is 0 Å². The number of carbonyl (C=O) groups excluding carboxylic acids is 2. The van der Waals surface area contributed by atoms with Crippen LogP contribution in [0.15, 0.2) is 48.5 Å². The van der Waals surface area contributed by atoms with E-state index < -0.39 is 17.9 Å². The number of carbonyl (C=O) groups is 2. The maximum atomic E-state index is 12.5. The maximum absolute atomic E-state index is 12.5. The lowest BCUT2D eigenvalue weighted by Crippen LogP contribution is -2.43. The van der Waals surface area contributed by atoms with E-state index in [1.165, 1.54) is 0 Å². The van der Waals surface area contributed by atoms with Crippen molar-refractivity contribution in [1.29, 1.82) is 0 Å². The quantitative estimate of drug-likeness (QED) is 0.892. The number of benzene rings is 2. The first-order valence-electron chi connectivity index (χ1n) is 7.60. The smallest absolute Gasteiger partial charge is 0.244 e. The Morgan fingerprint density at radius 2 is 1.96 bits per heavy atom. The fourth-order valence-electron chi connectivity index (χ4n) is 2.76. The van der Waals surface area contributed by atoms with E-state index in [2.05, 4.69) is 5.32 Å². The SMILES string of the molecule is NC(=O)C(NC(=O)C1COc2ccc(Cl)cc2C1)c1ccccc1. The number of rotatable bonds is 4. The van der Waals surface area contributed by atoms with Gasteiger partial charge in [0.1, 0.15) is 18.4 Å². The van der Waals surface area contributed by atoms with Crippen molar-refractivity contribution in [2.45, 2.75) is 12.5 Å². The van der Waals surface area contributed by atoms with Crippen LogP contribution >= 0.6 is 11.6 Å². The van der Waals surface area contributed by atoms with E-state index in [-0.39, 0.29) is 12.5 Å². The summed E-state index contributed by atoms with van der Waals surface area (Å²) in [7, 11) is 0. The largest absolute Gasteiger partial charge is 0.492 e. The molecule has 1 heterocycles. The molecule has 0 aromatic heterocycles. The number of nitrogens with two attached hydrogens (primary N) is 1. The van der Waals surface area contributed by atoms with Crippen molar-refractivity contribution in [1.82, 2.24) is 5.32 Å². The van der Waals surface area contributed by atoms with Gasteiger partial charge in [-0.25, -0.2) is 0 Å². The van der Waals surface area contributed by atoms with Crippen molar-refractivity contribution < 1.29 is 14.3 Å². The Morgan fingerprint density at radius 1 is 1.21 bits per heavy atom. The molecule has 6 heteroatoms. The average Bonchev–Trinajstić information content (AvgIpc) is 2.59. The van der Waals surface area contributed by atoms with Crippen molar-refractivity contribution in [3.63, 3.8) is 0 Å². The molecule has 0 saturated carbocycles. The highest BCUT2D eigenvalue weighted by Gasteiger charge is 2.29. The molecule has 1 aliphatic heterocycles. The summed E-state index contributed by atoms with van der Waals surface area (Å²) < 4.78 is 5.62. The van der Waals surface area contributed by atoms with Crippen LogP contribution < -0.4 is 15.8 Å². The summed E-state index contributed by atoms with van der Waals surface area (Å²) in [5.74, 6) is -0.539. The van der Waals surface area contributed by atoms with Crippen molar-refractivity contribution >= 4 is 23.4 Å². The first-order valence-corrected chi connectivity index (χ1v) is 7.98. The highest BCUT2D eigenvalue weighted by Crippen LogP contribution is 2.30. The Balaban J connectivity index is 1.73. The Kier molecular flexibility index (Phi) is 4.71. The lowest BCUT2D eigenvalue weighted by molar-refractivity contribution is -0.131. The van der Waals surface area contributed by atoms with Crippen LogP contribution in [0.5, 0.6) is 5.75 Å². The third-order valence-electron chi connectivity index (χ3n) is 4.00. The van der Waals surface area contributed by atoms with Crippen LogP contribution in [-0.4, -0.2) is 18.4 Å². The van der Waals surface area contributed by atoms with E-state index >= 15 is 0 Å². The first-order chi connectivity index (χ1) is 11.5. The molecule has 24 heavy (non-hydrogen) atoms. The topological polar surface area (TPSA) is 81.4 Å². The Bertz CT molecular complexity index is 764. The van der Waals surface area contributed by atoms with Gasteiger partial charge in [-0.1, -0.05) is 41.9 Å². The summed E-state index contributed by atoms with van der Waals surface area (Å²) in [5, 5.41) is 3.32. The van der Waals surface area contributed by atoms with Crippen molar-refractivity contribution in [2.75, 3.05) is 6.61 Å². The van der Waals surface area contributed by atoms with Gasteiger partial charge in [0, 0.05) is 5.02 Å². The number of primary amides is 1. The number of halogens is 1. The second kappa shape index (κ2) is 6.93. The number of nitrogens with one attached hydrogen (secondary N) is 1. The molecule has 2 aromatic rings. The highest BCUT2D eigenvalue weighted by atomic mass is 35.5. The van der Waals surface area contributed by atoms with Crippen LogP contribution in [0.1, 0.15) is 17.2 Å². The predicted octanol–water partition coefficient (Wildman–Crippen LogP) is 2.23. The molecule has 124 valence electrons. The summed E-state index contributed by atoms with van der Waals surface area (Å²) in [6.45, 7) is 0.251. The molecule has 0 bridgehead atoms. The Morgan fingerprint density at radius 3 is 2.67 bits per heavy atom. The monoisotopic (exact) mass is 344 g/mol. The molecule has 0 aliphatic carbocycles. The highest BCUT2D eigenvalue weighted by molar-refractivity contribution is 6.30. The summed E-state index contributed by atoms with van der Waals surface area (Å²) in [5.41, 5.74) is 6.97. The second-order valence-corrected chi connectivity index (χ2v) is 6.16. The van der Waals surface area contributed by atoms with E-state index in [1.807, 2.05) is 6.07 Å². The number of hydrogen-bond donors (Lipinski definition) is 2. The van der Waals surface area contributed by atoms with Crippen LogP contribution in [0.2, 0.25) is 5.02 Å². The Labute approximate surface area is 144 Å². The molecule has 0 saturated heterocycles. The third kappa shape index (κ3) is 3.51. The van der Waals surface area contributed by atoms with E-state index in [1.54, 1.807) is 42.5 Å². The molecule has 2 amide bonds. The zero-order chi connectivity index (χ0) is 17.1. The predicted molar refractivity (Wildman–Crippen MR) is 90.7 cm³/mol. The molecule has 1 aliphatic rings. The van der Waals surface area contributed by atoms with Crippen molar-refractivity contribution in [3.8, 4) is 5.75 Å². The van der Waals surface area contributed by atoms with E-state index in [0.717, 1.165) is 11.3 Å². The summed E-state index contributed by atoms with van der Waals surface area (Å²) >= 11 is 5.99. The molecule has 0 spiro atoms. The molecule has 2 aromatic carbocycles. The Hall–Kier alpha value is -2.53. The number of amides is 2.